The second-order valence-corrected chi connectivity index (χ2v) is 7.26. The van der Waals surface area contributed by atoms with Gasteiger partial charge in [-0.1, -0.05) is 11.6 Å². The molecule has 1 amide bonds. The van der Waals surface area contributed by atoms with E-state index in [0.29, 0.717) is 4.31 Å². The van der Waals surface area contributed by atoms with Gasteiger partial charge in [-0.15, -0.1) is 0 Å². The van der Waals surface area contributed by atoms with E-state index in [-0.39, 0.29) is 16.4 Å². The van der Waals surface area contributed by atoms with Crippen molar-refractivity contribution in [2.24, 2.45) is 0 Å². The molecular formula is C15H13ClF2N2O3S. The average Bonchev–Trinajstić information content (AvgIpc) is 2.47. The number of carbonyl (C=O) groups excluding carboxylic acids is 1. The first-order valence-electron chi connectivity index (χ1n) is 6.65. The molecule has 128 valence electrons. The van der Waals surface area contributed by atoms with Crippen LogP contribution in [-0.4, -0.2) is 27.1 Å². The van der Waals surface area contributed by atoms with Gasteiger partial charge in [-0.2, -0.15) is 0 Å². The van der Waals surface area contributed by atoms with Crippen LogP contribution in [0.15, 0.2) is 42.5 Å². The van der Waals surface area contributed by atoms with Gasteiger partial charge in [0, 0.05) is 10.7 Å². The van der Waals surface area contributed by atoms with Crippen LogP contribution in [0.3, 0.4) is 0 Å². The minimum Gasteiger partial charge on any atom is -0.325 e. The number of halogens is 3. The third-order valence-corrected chi connectivity index (χ3v) is 4.36. The summed E-state index contributed by atoms with van der Waals surface area (Å²) in [6.07, 6.45) is 0.853. The third kappa shape index (κ3) is 4.65. The molecule has 2 aromatic carbocycles. The maximum atomic E-state index is 14.0. The summed E-state index contributed by atoms with van der Waals surface area (Å²) in [5.41, 5.74) is -0.0115. The molecule has 0 bridgehead atoms. The first-order chi connectivity index (χ1) is 11.2. The van der Waals surface area contributed by atoms with E-state index in [4.69, 9.17) is 11.6 Å². The van der Waals surface area contributed by atoms with Crippen molar-refractivity contribution >= 4 is 38.9 Å². The van der Waals surface area contributed by atoms with Crippen LogP contribution < -0.4 is 9.62 Å². The monoisotopic (exact) mass is 374 g/mol. The SMILES string of the molecule is CS(=O)(=O)N(CC(=O)Nc1ccc(F)cc1)c1ccc(Cl)cc1F. The predicted octanol–water partition coefficient (Wildman–Crippen LogP) is 3.02. The minimum absolute atomic E-state index is 0.0977. The van der Waals surface area contributed by atoms with Crippen LogP contribution >= 0.6 is 11.6 Å². The first-order valence-corrected chi connectivity index (χ1v) is 8.87. The lowest BCUT2D eigenvalue weighted by atomic mass is 10.3. The van der Waals surface area contributed by atoms with E-state index in [9.17, 15) is 22.0 Å². The third-order valence-electron chi connectivity index (χ3n) is 2.99. The Morgan fingerprint density at radius 2 is 1.79 bits per heavy atom. The number of rotatable bonds is 5. The molecule has 0 fully saturated rings. The highest BCUT2D eigenvalue weighted by atomic mass is 35.5. The topological polar surface area (TPSA) is 66.5 Å². The van der Waals surface area contributed by atoms with Gasteiger partial charge in [0.2, 0.25) is 15.9 Å². The van der Waals surface area contributed by atoms with Crippen LogP contribution in [-0.2, 0) is 14.8 Å². The fourth-order valence-electron chi connectivity index (χ4n) is 1.93. The van der Waals surface area contributed by atoms with Crippen molar-refractivity contribution in [2.45, 2.75) is 0 Å². The highest BCUT2D eigenvalue weighted by molar-refractivity contribution is 7.92. The van der Waals surface area contributed by atoms with Gasteiger partial charge in [-0.3, -0.25) is 9.10 Å². The summed E-state index contributed by atoms with van der Waals surface area (Å²) in [6.45, 7) is -0.644. The Balaban J connectivity index is 2.23. The highest BCUT2D eigenvalue weighted by Gasteiger charge is 2.23. The van der Waals surface area contributed by atoms with Gasteiger partial charge < -0.3 is 5.32 Å². The molecule has 5 nitrogen and oxygen atoms in total. The van der Waals surface area contributed by atoms with Crippen molar-refractivity contribution in [1.82, 2.24) is 0 Å². The molecule has 0 atom stereocenters. The van der Waals surface area contributed by atoms with Crippen LogP contribution in [0.2, 0.25) is 5.02 Å². The Bertz CT molecular complexity index is 858. The summed E-state index contributed by atoms with van der Waals surface area (Å²) in [4.78, 5) is 12.0. The molecular weight excluding hydrogens is 362 g/mol. The van der Waals surface area contributed by atoms with Gasteiger partial charge in [0.05, 0.1) is 11.9 Å². The van der Waals surface area contributed by atoms with Crippen molar-refractivity contribution in [2.75, 3.05) is 22.4 Å². The zero-order chi connectivity index (χ0) is 17.9. The lowest BCUT2D eigenvalue weighted by Crippen LogP contribution is -2.38. The number of anilines is 2. The van der Waals surface area contributed by atoms with Crippen LogP contribution in [0, 0.1) is 11.6 Å². The molecule has 0 saturated heterocycles. The summed E-state index contributed by atoms with van der Waals surface area (Å²) in [6, 6.07) is 8.36. The summed E-state index contributed by atoms with van der Waals surface area (Å²) >= 11 is 5.64. The number of hydrogen-bond donors (Lipinski definition) is 1. The number of nitrogens with zero attached hydrogens (tertiary/aromatic N) is 1. The zero-order valence-electron chi connectivity index (χ0n) is 12.5. The first kappa shape index (κ1) is 18.2. The maximum absolute atomic E-state index is 14.0. The molecule has 0 spiro atoms. The molecule has 9 heteroatoms. The molecule has 0 radical (unpaired) electrons. The van der Waals surface area contributed by atoms with Crippen molar-refractivity contribution < 1.29 is 22.0 Å². The van der Waals surface area contributed by atoms with Gasteiger partial charge in [0.1, 0.15) is 18.2 Å². The fraction of sp³-hybridized carbons (Fsp3) is 0.133. The largest absolute Gasteiger partial charge is 0.325 e. The van der Waals surface area contributed by atoms with E-state index in [2.05, 4.69) is 5.32 Å². The van der Waals surface area contributed by atoms with E-state index >= 15 is 0 Å². The molecule has 2 rings (SSSR count). The molecule has 0 unspecified atom stereocenters. The van der Waals surface area contributed by atoms with E-state index < -0.39 is 34.1 Å². The van der Waals surface area contributed by atoms with Gasteiger partial charge >= 0.3 is 0 Å². The maximum Gasteiger partial charge on any atom is 0.245 e. The lowest BCUT2D eigenvalue weighted by molar-refractivity contribution is -0.114. The number of benzene rings is 2. The smallest absolute Gasteiger partial charge is 0.245 e. The van der Waals surface area contributed by atoms with Gasteiger partial charge in [0.15, 0.2) is 0 Å². The van der Waals surface area contributed by atoms with E-state index in [0.717, 1.165) is 24.5 Å². The Kier molecular flexibility index (Phi) is 5.40. The molecule has 1 N–H and O–H groups in total. The number of carbonyl (C=O) groups is 1. The molecule has 0 aromatic heterocycles. The molecule has 2 aromatic rings. The van der Waals surface area contributed by atoms with Crippen LogP contribution in [0.1, 0.15) is 0 Å². The Labute approximate surface area is 142 Å². The highest BCUT2D eigenvalue weighted by Crippen LogP contribution is 2.24. The van der Waals surface area contributed by atoms with E-state index in [1.807, 2.05) is 0 Å². The van der Waals surface area contributed by atoms with Crippen molar-refractivity contribution in [3.63, 3.8) is 0 Å². The summed E-state index contributed by atoms with van der Waals surface area (Å²) in [5.74, 6) is -2.06. The van der Waals surface area contributed by atoms with Crippen LogP contribution in [0.5, 0.6) is 0 Å². The van der Waals surface area contributed by atoms with E-state index in [1.54, 1.807) is 0 Å². The standard InChI is InChI=1S/C15H13ClF2N2O3S/c1-24(22,23)20(14-7-2-10(16)8-13(14)18)9-15(21)19-12-5-3-11(17)4-6-12/h2-8H,9H2,1H3,(H,19,21). The molecule has 0 aliphatic heterocycles. The number of amides is 1. The summed E-state index contributed by atoms with van der Waals surface area (Å²) in [5, 5.41) is 2.51. The second kappa shape index (κ2) is 7.14. The average molecular weight is 375 g/mol. The number of sulfonamides is 1. The van der Waals surface area contributed by atoms with Crippen molar-refractivity contribution in [1.29, 1.82) is 0 Å². The van der Waals surface area contributed by atoms with E-state index in [1.165, 1.54) is 24.3 Å². The molecule has 0 aliphatic carbocycles. The van der Waals surface area contributed by atoms with Crippen LogP contribution in [0.25, 0.3) is 0 Å². The minimum atomic E-state index is -3.92. The molecule has 24 heavy (non-hydrogen) atoms. The van der Waals surface area contributed by atoms with Crippen molar-refractivity contribution in [3.8, 4) is 0 Å². The quantitative estimate of drug-likeness (QED) is 0.874. The Morgan fingerprint density at radius 1 is 1.17 bits per heavy atom. The molecule has 0 aliphatic rings. The van der Waals surface area contributed by atoms with Gasteiger partial charge in [0.25, 0.3) is 0 Å². The summed E-state index contributed by atoms with van der Waals surface area (Å²) in [7, 11) is -3.92. The second-order valence-electron chi connectivity index (χ2n) is 4.92. The number of hydrogen-bond acceptors (Lipinski definition) is 3. The van der Waals surface area contributed by atoms with Crippen LogP contribution in [0.4, 0.5) is 20.2 Å². The zero-order valence-corrected chi connectivity index (χ0v) is 14.0. The lowest BCUT2D eigenvalue weighted by Gasteiger charge is -2.22. The normalized spacial score (nSPS) is 11.2. The molecule has 0 heterocycles. The van der Waals surface area contributed by atoms with Gasteiger partial charge in [-0.05, 0) is 42.5 Å². The Morgan fingerprint density at radius 3 is 2.33 bits per heavy atom. The predicted molar refractivity (Wildman–Crippen MR) is 88.6 cm³/mol. The fourth-order valence-corrected chi connectivity index (χ4v) is 2.94. The number of nitrogens with one attached hydrogen (secondary N) is 1. The summed E-state index contributed by atoms with van der Waals surface area (Å²) < 4.78 is 51.2. The van der Waals surface area contributed by atoms with Gasteiger partial charge in [-0.25, -0.2) is 17.2 Å². The Hall–Kier alpha value is -2.19. The molecule has 0 saturated carbocycles. The van der Waals surface area contributed by atoms with Crippen molar-refractivity contribution in [3.05, 3.63) is 59.1 Å².